The standard InChI is InChI=1S/C20H26N2O2/c1-22(2)18(14-16-8-4-3-5-9-16)15-21-20(24)13-12-17-10-6-7-11-19(17)23/h3-11,18,23H,12-15H2,1-2H3,(H,21,24). The van der Waals surface area contributed by atoms with Crippen molar-refractivity contribution in [1.82, 2.24) is 10.2 Å². The van der Waals surface area contributed by atoms with Crippen molar-refractivity contribution in [2.45, 2.75) is 25.3 Å². The molecule has 0 heterocycles. The van der Waals surface area contributed by atoms with Gasteiger partial charge in [-0.3, -0.25) is 4.79 Å². The summed E-state index contributed by atoms with van der Waals surface area (Å²) in [6.45, 7) is 0.613. The summed E-state index contributed by atoms with van der Waals surface area (Å²) < 4.78 is 0. The number of rotatable bonds is 8. The number of hydrogen-bond acceptors (Lipinski definition) is 3. The monoisotopic (exact) mass is 326 g/mol. The summed E-state index contributed by atoms with van der Waals surface area (Å²) in [6, 6.07) is 17.7. The van der Waals surface area contributed by atoms with Crippen molar-refractivity contribution in [3.63, 3.8) is 0 Å². The number of hydrogen-bond donors (Lipinski definition) is 2. The molecule has 24 heavy (non-hydrogen) atoms. The predicted octanol–water partition coefficient (Wildman–Crippen LogP) is 2.61. The number of aromatic hydroxyl groups is 1. The molecule has 0 saturated heterocycles. The first-order valence-electron chi connectivity index (χ1n) is 8.30. The first-order chi connectivity index (χ1) is 11.6. The molecule has 0 aromatic heterocycles. The van der Waals surface area contributed by atoms with Gasteiger partial charge in [0, 0.05) is 19.0 Å². The van der Waals surface area contributed by atoms with Crippen LogP contribution < -0.4 is 5.32 Å². The summed E-state index contributed by atoms with van der Waals surface area (Å²) in [5, 5.41) is 12.8. The average Bonchev–Trinajstić information content (AvgIpc) is 2.58. The third kappa shape index (κ3) is 5.70. The lowest BCUT2D eigenvalue weighted by Gasteiger charge is -2.24. The Morgan fingerprint density at radius 3 is 2.42 bits per heavy atom. The highest BCUT2D eigenvalue weighted by molar-refractivity contribution is 5.76. The van der Waals surface area contributed by atoms with Crippen LogP contribution in [0.15, 0.2) is 54.6 Å². The van der Waals surface area contributed by atoms with Crippen molar-refractivity contribution in [2.24, 2.45) is 0 Å². The van der Waals surface area contributed by atoms with E-state index in [1.165, 1.54) is 5.56 Å². The molecule has 0 spiro atoms. The number of aryl methyl sites for hydroxylation is 1. The SMILES string of the molecule is CN(C)C(CNC(=O)CCc1ccccc1O)Cc1ccccc1. The zero-order chi connectivity index (χ0) is 17.4. The Hall–Kier alpha value is -2.33. The molecule has 0 fully saturated rings. The van der Waals surface area contributed by atoms with Crippen LogP contribution in [0.1, 0.15) is 17.5 Å². The minimum absolute atomic E-state index is 0.0122. The molecule has 0 aliphatic rings. The number of carbonyl (C=O) groups excluding carboxylic acids is 1. The molecule has 1 atom stereocenters. The molecular weight excluding hydrogens is 300 g/mol. The number of likely N-dealkylation sites (N-methyl/N-ethyl adjacent to an activating group) is 1. The van der Waals surface area contributed by atoms with Gasteiger partial charge in [-0.25, -0.2) is 0 Å². The fourth-order valence-corrected chi connectivity index (χ4v) is 2.61. The molecule has 4 heteroatoms. The second-order valence-corrected chi connectivity index (χ2v) is 6.24. The minimum atomic E-state index is 0.0122. The second kappa shape index (κ2) is 9.08. The van der Waals surface area contributed by atoms with Gasteiger partial charge in [-0.15, -0.1) is 0 Å². The maximum atomic E-state index is 12.1. The quantitative estimate of drug-likeness (QED) is 0.784. The first-order valence-corrected chi connectivity index (χ1v) is 8.30. The molecule has 2 N–H and O–H groups in total. The van der Waals surface area contributed by atoms with Gasteiger partial charge in [0.1, 0.15) is 5.75 Å². The molecule has 0 saturated carbocycles. The van der Waals surface area contributed by atoms with Crippen molar-refractivity contribution in [1.29, 1.82) is 0 Å². The summed E-state index contributed by atoms with van der Waals surface area (Å²) in [5.41, 5.74) is 2.07. The van der Waals surface area contributed by atoms with Gasteiger partial charge in [-0.05, 0) is 44.1 Å². The molecule has 2 rings (SSSR count). The molecule has 1 amide bonds. The summed E-state index contributed by atoms with van der Waals surface area (Å²) in [6.07, 6.45) is 1.82. The minimum Gasteiger partial charge on any atom is -0.508 e. The molecule has 1 unspecified atom stereocenters. The van der Waals surface area contributed by atoms with E-state index in [4.69, 9.17) is 0 Å². The van der Waals surface area contributed by atoms with Gasteiger partial charge in [0.25, 0.3) is 0 Å². The normalized spacial score (nSPS) is 12.1. The average molecular weight is 326 g/mol. The van der Waals surface area contributed by atoms with E-state index in [-0.39, 0.29) is 17.7 Å². The van der Waals surface area contributed by atoms with Crippen LogP contribution >= 0.6 is 0 Å². The van der Waals surface area contributed by atoms with Crippen LogP contribution in [0, 0.1) is 0 Å². The number of phenolic OH excluding ortho intramolecular Hbond substituents is 1. The van der Waals surface area contributed by atoms with E-state index in [0.29, 0.717) is 19.4 Å². The fraction of sp³-hybridized carbons (Fsp3) is 0.350. The van der Waals surface area contributed by atoms with Crippen LogP contribution in [0.4, 0.5) is 0 Å². The lowest BCUT2D eigenvalue weighted by atomic mass is 10.0. The number of nitrogens with zero attached hydrogens (tertiary/aromatic N) is 1. The van der Waals surface area contributed by atoms with E-state index >= 15 is 0 Å². The number of amides is 1. The molecule has 0 radical (unpaired) electrons. The topological polar surface area (TPSA) is 52.6 Å². The van der Waals surface area contributed by atoms with Crippen LogP contribution in [-0.4, -0.2) is 42.6 Å². The van der Waals surface area contributed by atoms with Crippen LogP contribution in [0.25, 0.3) is 0 Å². The smallest absolute Gasteiger partial charge is 0.220 e. The number of carbonyl (C=O) groups is 1. The van der Waals surface area contributed by atoms with Crippen molar-refractivity contribution in [3.8, 4) is 5.75 Å². The molecule has 0 aliphatic carbocycles. The lowest BCUT2D eigenvalue weighted by Crippen LogP contribution is -2.41. The van der Waals surface area contributed by atoms with Crippen molar-refractivity contribution < 1.29 is 9.90 Å². The molecular formula is C20H26N2O2. The van der Waals surface area contributed by atoms with Crippen LogP contribution in [0.2, 0.25) is 0 Å². The predicted molar refractivity (Wildman–Crippen MR) is 97.1 cm³/mol. The number of para-hydroxylation sites is 1. The summed E-state index contributed by atoms with van der Waals surface area (Å²) in [5.74, 6) is 0.263. The Morgan fingerprint density at radius 1 is 1.08 bits per heavy atom. The molecule has 4 nitrogen and oxygen atoms in total. The van der Waals surface area contributed by atoms with Crippen molar-refractivity contribution in [3.05, 3.63) is 65.7 Å². The van der Waals surface area contributed by atoms with E-state index < -0.39 is 0 Å². The molecule has 128 valence electrons. The molecule has 2 aromatic rings. The summed E-state index contributed by atoms with van der Waals surface area (Å²) in [4.78, 5) is 14.2. The van der Waals surface area contributed by atoms with Crippen LogP contribution in [0.5, 0.6) is 5.75 Å². The third-order valence-electron chi connectivity index (χ3n) is 4.19. The van der Waals surface area contributed by atoms with E-state index in [1.807, 2.05) is 44.4 Å². The summed E-state index contributed by atoms with van der Waals surface area (Å²) in [7, 11) is 4.06. The van der Waals surface area contributed by atoms with Gasteiger partial charge < -0.3 is 15.3 Å². The second-order valence-electron chi connectivity index (χ2n) is 6.24. The maximum absolute atomic E-state index is 12.1. The Labute approximate surface area is 144 Å². The molecule has 2 aromatic carbocycles. The zero-order valence-electron chi connectivity index (χ0n) is 14.4. The van der Waals surface area contributed by atoms with Crippen molar-refractivity contribution >= 4 is 5.91 Å². The first kappa shape index (κ1) is 18.0. The Bertz CT molecular complexity index is 641. The van der Waals surface area contributed by atoms with Crippen LogP contribution in [0.3, 0.4) is 0 Å². The lowest BCUT2D eigenvalue weighted by molar-refractivity contribution is -0.121. The highest BCUT2D eigenvalue weighted by atomic mass is 16.3. The highest BCUT2D eigenvalue weighted by Gasteiger charge is 2.14. The van der Waals surface area contributed by atoms with Crippen LogP contribution in [-0.2, 0) is 17.6 Å². The molecule has 0 aliphatic heterocycles. The Balaban J connectivity index is 1.81. The van der Waals surface area contributed by atoms with Gasteiger partial charge in [0.2, 0.25) is 5.91 Å². The number of benzene rings is 2. The number of phenols is 1. The van der Waals surface area contributed by atoms with E-state index in [1.54, 1.807) is 12.1 Å². The largest absolute Gasteiger partial charge is 0.508 e. The summed E-state index contributed by atoms with van der Waals surface area (Å²) >= 11 is 0. The van der Waals surface area contributed by atoms with Gasteiger partial charge in [-0.2, -0.15) is 0 Å². The zero-order valence-corrected chi connectivity index (χ0v) is 14.4. The maximum Gasteiger partial charge on any atom is 0.220 e. The van der Waals surface area contributed by atoms with E-state index in [0.717, 1.165) is 12.0 Å². The third-order valence-corrected chi connectivity index (χ3v) is 4.19. The Morgan fingerprint density at radius 2 is 1.75 bits per heavy atom. The number of nitrogens with one attached hydrogen (secondary N) is 1. The van der Waals surface area contributed by atoms with Gasteiger partial charge in [-0.1, -0.05) is 48.5 Å². The van der Waals surface area contributed by atoms with E-state index in [9.17, 15) is 9.90 Å². The van der Waals surface area contributed by atoms with Gasteiger partial charge in [0.05, 0.1) is 0 Å². The van der Waals surface area contributed by atoms with Gasteiger partial charge >= 0.3 is 0 Å². The van der Waals surface area contributed by atoms with Gasteiger partial charge in [0.15, 0.2) is 0 Å². The highest BCUT2D eigenvalue weighted by Crippen LogP contribution is 2.17. The van der Waals surface area contributed by atoms with Crippen molar-refractivity contribution in [2.75, 3.05) is 20.6 Å². The van der Waals surface area contributed by atoms with E-state index in [2.05, 4.69) is 22.3 Å². The fourth-order valence-electron chi connectivity index (χ4n) is 2.61. The molecule has 0 bridgehead atoms. The Kier molecular flexibility index (Phi) is 6.82.